The van der Waals surface area contributed by atoms with Crippen LogP contribution in [-0.4, -0.2) is 62.3 Å². The van der Waals surface area contributed by atoms with Crippen molar-refractivity contribution in [3.8, 4) is 0 Å². The van der Waals surface area contributed by atoms with E-state index >= 15 is 0 Å². The molecule has 2 N–H and O–H groups in total. The number of methoxy groups -OCH3 is 1. The minimum atomic E-state index is -0.0434. The van der Waals surface area contributed by atoms with Gasteiger partial charge in [-0.25, -0.2) is 0 Å². The second kappa shape index (κ2) is 7.96. The van der Waals surface area contributed by atoms with E-state index in [1.54, 1.807) is 7.11 Å². The van der Waals surface area contributed by atoms with Crippen molar-refractivity contribution in [2.45, 2.75) is 57.2 Å². The molecule has 1 amide bonds. The third-order valence-corrected chi connectivity index (χ3v) is 4.37. The van der Waals surface area contributed by atoms with Gasteiger partial charge in [0.2, 0.25) is 5.91 Å². The summed E-state index contributed by atoms with van der Waals surface area (Å²) in [5.41, 5.74) is 0. The lowest BCUT2D eigenvalue weighted by Gasteiger charge is -2.39. The number of hydrogen-bond donors (Lipinski definition) is 2. The van der Waals surface area contributed by atoms with Gasteiger partial charge in [0.25, 0.3) is 0 Å². The molecule has 1 aliphatic heterocycles. The Bertz CT molecular complexity index is 307. The molecule has 1 aliphatic carbocycles. The summed E-state index contributed by atoms with van der Waals surface area (Å²) in [4.78, 5) is 14.6. The Labute approximate surface area is 122 Å². The number of piperidine rings is 1. The normalized spacial score (nSPS) is 25.4. The number of hydrogen-bond acceptors (Lipinski definition) is 4. The van der Waals surface area contributed by atoms with Crippen molar-refractivity contribution in [3.05, 3.63) is 0 Å². The lowest BCUT2D eigenvalue weighted by Crippen LogP contribution is -2.54. The monoisotopic (exact) mass is 283 g/mol. The highest BCUT2D eigenvalue weighted by Crippen LogP contribution is 2.22. The molecule has 0 aromatic rings. The summed E-state index contributed by atoms with van der Waals surface area (Å²) in [7, 11) is 1.65. The maximum atomic E-state index is 12.2. The molecule has 116 valence electrons. The van der Waals surface area contributed by atoms with Crippen molar-refractivity contribution >= 4 is 5.91 Å². The van der Waals surface area contributed by atoms with Gasteiger partial charge in [0.15, 0.2) is 0 Å². The average Bonchev–Trinajstić information content (AvgIpc) is 3.29. The first-order chi connectivity index (χ1) is 9.72. The van der Waals surface area contributed by atoms with E-state index < -0.39 is 0 Å². The largest absolute Gasteiger partial charge is 0.383 e. The minimum absolute atomic E-state index is 0.0434. The summed E-state index contributed by atoms with van der Waals surface area (Å²) in [6.07, 6.45) is 6.33. The maximum Gasteiger partial charge on any atom is 0.237 e. The quantitative estimate of drug-likeness (QED) is 0.645. The van der Waals surface area contributed by atoms with Gasteiger partial charge in [0.1, 0.15) is 0 Å². The fourth-order valence-electron chi connectivity index (χ4n) is 2.92. The molecule has 2 aliphatic rings. The molecular weight excluding hydrogens is 254 g/mol. The van der Waals surface area contributed by atoms with E-state index in [0.29, 0.717) is 19.2 Å². The number of ether oxygens (including phenoxy) is 1. The summed E-state index contributed by atoms with van der Waals surface area (Å²) in [6, 6.07) is 1.20. The molecule has 1 saturated carbocycles. The predicted octanol–water partition coefficient (Wildman–Crippen LogP) is 0.744. The van der Waals surface area contributed by atoms with Gasteiger partial charge in [-0.1, -0.05) is 6.42 Å². The van der Waals surface area contributed by atoms with E-state index in [-0.39, 0.29) is 11.9 Å². The van der Waals surface area contributed by atoms with Crippen LogP contribution < -0.4 is 10.6 Å². The average molecular weight is 283 g/mol. The lowest BCUT2D eigenvalue weighted by molar-refractivity contribution is -0.127. The van der Waals surface area contributed by atoms with Crippen LogP contribution in [0.15, 0.2) is 0 Å². The zero-order valence-corrected chi connectivity index (χ0v) is 12.9. The number of likely N-dealkylation sites (tertiary alicyclic amines) is 1. The number of carbonyl (C=O) groups excluding carboxylic acids is 1. The van der Waals surface area contributed by atoms with Crippen LogP contribution >= 0.6 is 0 Å². The van der Waals surface area contributed by atoms with Gasteiger partial charge in [0, 0.05) is 32.3 Å². The third-order valence-electron chi connectivity index (χ3n) is 4.37. The van der Waals surface area contributed by atoms with Crippen molar-refractivity contribution in [1.82, 2.24) is 15.5 Å². The molecule has 0 radical (unpaired) electrons. The molecular formula is C15H29N3O2. The van der Waals surface area contributed by atoms with E-state index in [0.717, 1.165) is 19.1 Å². The van der Waals surface area contributed by atoms with Gasteiger partial charge in [-0.3, -0.25) is 9.69 Å². The second-order valence-corrected chi connectivity index (χ2v) is 6.03. The standard InChI is InChI=1S/C15H29N3O2/c1-12(15(19)16-8-10-20-2)18-9-4-3-5-14(18)11-17-13-6-7-13/h12-14,17H,3-11H2,1-2H3,(H,16,19). The first-order valence-electron chi connectivity index (χ1n) is 7.98. The second-order valence-electron chi connectivity index (χ2n) is 6.03. The van der Waals surface area contributed by atoms with Gasteiger partial charge in [0.05, 0.1) is 12.6 Å². The highest BCUT2D eigenvalue weighted by molar-refractivity contribution is 5.81. The molecule has 0 spiro atoms. The molecule has 20 heavy (non-hydrogen) atoms. The van der Waals surface area contributed by atoms with Crippen LogP contribution in [0, 0.1) is 0 Å². The van der Waals surface area contributed by atoms with E-state index in [1.165, 1.54) is 32.1 Å². The Balaban J connectivity index is 1.79. The van der Waals surface area contributed by atoms with Crippen LogP contribution in [0.5, 0.6) is 0 Å². The smallest absolute Gasteiger partial charge is 0.237 e. The molecule has 2 atom stereocenters. The molecule has 2 unspecified atom stereocenters. The maximum absolute atomic E-state index is 12.2. The summed E-state index contributed by atoms with van der Waals surface area (Å²) < 4.78 is 4.97. The van der Waals surface area contributed by atoms with E-state index in [4.69, 9.17) is 4.74 Å². The number of amides is 1. The predicted molar refractivity (Wildman–Crippen MR) is 79.7 cm³/mol. The lowest BCUT2D eigenvalue weighted by atomic mass is 9.99. The van der Waals surface area contributed by atoms with Gasteiger partial charge in [-0.15, -0.1) is 0 Å². The molecule has 1 heterocycles. The first kappa shape index (κ1) is 15.7. The van der Waals surface area contributed by atoms with Crippen molar-refractivity contribution in [2.75, 3.05) is 33.4 Å². The van der Waals surface area contributed by atoms with Crippen LogP contribution in [-0.2, 0) is 9.53 Å². The zero-order chi connectivity index (χ0) is 14.4. The van der Waals surface area contributed by atoms with Crippen molar-refractivity contribution in [3.63, 3.8) is 0 Å². The zero-order valence-electron chi connectivity index (χ0n) is 12.9. The van der Waals surface area contributed by atoms with Crippen LogP contribution in [0.3, 0.4) is 0 Å². The number of nitrogens with zero attached hydrogens (tertiary/aromatic N) is 1. The third kappa shape index (κ3) is 4.72. The Morgan fingerprint density at radius 3 is 2.85 bits per heavy atom. The van der Waals surface area contributed by atoms with Crippen molar-refractivity contribution in [2.24, 2.45) is 0 Å². The van der Waals surface area contributed by atoms with E-state index in [9.17, 15) is 4.79 Å². The minimum Gasteiger partial charge on any atom is -0.383 e. The highest BCUT2D eigenvalue weighted by Gasteiger charge is 2.31. The van der Waals surface area contributed by atoms with Gasteiger partial charge >= 0.3 is 0 Å². The first-order valence-corrected chi connectivity index (χ1v) is 7.98. The number of nitrogens with one attached hydrogen (secondary N) is 2. The Hall–Kier alpha value is -0.650. The molecule has 0 aromatic heterocycles. The fraction of sp³-hybridized carbons (Fsp3) is 0.933. The van der Waals surface area contributed by atoms with Crippen molar-refractivity contribution in [1.29, 1.82) is 0 Å². The number of carbonyl (C=O) groups is 1. The van der Waals surface area contributed by atoms with E-state index in [2.05, 4.69) is 15.5 Å². The molecule has 2 fully saturated rings. The molecule has 0 aromatic carbocycles. The summed E-state index contributed by atoms with van der Waals surface area (Å²) in [6.45, 7) is 5.26. The summed E-state index contributed by atoms with van der Waals surface area (Å²) in [5, 5.41) is 6.56. The molecule has 1 saturated heterocycles. The fourth-order valence-corrected chi connectivity index (χ4v) is 2.92. The van der Waals surface area contributed by atoms with Gasteiger partial charge < -0.3 is 15.4 Å². The Kier molecular flexibility index (Phi) is 6.26. The van der Waals surface area contributed by atoms with Gasteiger partial charge in [-0.2, -0.15) is 0 Å². The van der Waals surface area contributed by atoms with Crippen LogP contribution in [0.2, 0.25) is 0 Å². The van der Waals surface area contributed by atoms with Crippen LogP contribution in [0.1, 0.15) is 39.0 Å². The molecule has 5 nitrogen and oxygen atoms in total. The molecule has 0 bridgehead atoms. The highest BCUT2D eigenvalue weighted by atomic mass is 16.5. The SMILES string of the molecule is COCCNC(=O)C(C)N1CCCCC1CNC1CC1. The van der Waals surface area contributed by atoms with E-state index in [1.807, 2.05) is 6.92 Å². The Morgan fingerprint density at radius 1 is 1.35 bits per heavy atom. The number of rotatable bonds is 8. The molecule has 5 heteroatoms. The summed E-state index contributed by atoms with van der Waals surface area (Å²) in [5.74, 6) is 0.125. The Morgan fingerprint density at radius 2 is 2.15 bits per heavy atom. The van der Waals surface area contributed by atoms with Gasteiger partial charge in [-0.05, 0) is 39.2 Å². The van der Waals surface area contributed by atoms with Crippen LogP contribution in [0.25, 0.3) is 0 Å². The van der Waals surface area contributed by atoms with Crippen LogP contribution in [0.4, 0.5) is 0 Å². The molecule has 2 rings (SSSR count). The van der Waals surface area contributed by atoms with Crippen molar-refractivity contribution < 1.29 is 9.53 Å². The summed E-state index contributed by atoms with van der Waals surface area (Å²) >= 11 is 0. The topological polar surface area (TPSA) is 53.6 Å².